The molecule has 6 N–H and O–H groups in total. The maximum atomic E-state index is 13.6. The molecule has 0 radical (unpaired) electrons. The molecule has 1 aromatic carbocycles. The summed E-state index contributed by atoms with van der Waals surface area (Å²) >= 11 is 0. The number of nitrogens with zero attached hydrogens (tertiary/aromatic N) is 2. The average Bonchev–Trinajstić information content (AvgIpc) is 2.25. The third-order valence-corrected chi connectivity index (χ3v) is 2.08. The first-order valence-electron chi connectivity index (χ1n) is 4.52. The van der Waals surface area contributed by atoms with Crippen LogP contribution in [0.25, 0.3) is 11.3 Å². The van der Waals surface area contributed by atoms with Gasteiger partial charge in [0.15, 0.2) is 11.6 Å². The largest absolute Gasteiger partial charge is 0.399 e. The number of hydrogen-bond donors (Lipinski definition) is 3. The SMILES string of the molecule is Nc1ccc(-c2nc(N)nc(N)c2F)cc1. The van der Waals surface area contributed by atoms with Crippen molar-refractivity contribution in [3.8, 4) is 11.3 Å². The fraction of sp³-hybridized carbons (Fsp3) is 0. The van der Waals surface area contributed by atoms with Gasteiger partial charge in [-0.05, 0) is 12.1 Å². The molecule has 6 heteroatoms. The summed E-state index contributed by atoms with van der Waals surface area (Å²) in [6.45, 7) is 0. The Morgan fingerprint density at radius 3 is 2.19 bits per heavy atom. The second-order valence-electron chi connectivity index (χ2n) is 3.25. The first kappa shape index (κ1) is 10.2. The fourth-order valence-electron chi connectivity index (χ4n) is 1.31. The molecule has 0 atom stereocenters. The standard InChI is InChI=1S/C10H10FN5/c11-7-8(15-10(14)16-9(7)13)5-1-3-6(12)4-2-5/h1-4H,12H2,(H4,13,14,15,16). The lowest BCUT2D eigenvalue weighted by molar-refractivity contribution is 0.625. The van der Waals surface area contributed by atoms with Gasteiger partial charge in [0.1, 0.15) is 5.69 Å². The Bertz CT molecular complexity index is 523. The van der Waals surface area contributed by atoms with E-state index in [9.17, 15) is 4.39 Å². The number of anilines is 3. The number of nitrogens with two attached hydrogens (primary N) is 3. The maximum absolute atomic E-state index is 13.6. The van der Waals surface area contributed by atoms with Crippen molar-refractivity contribution in [2.45, 2.75) is 0 Å². The van der Waals surface area contributed by atoms with Crippen LogP contribution in [0, 0.1) is 5.82 Å². The van der Waals surface area contributed by atoms with Crippen LogP contribution < -0.4 is 17.2 Å². The van der Waals surface area contributed by atoms with Crippen LogP contribution in [-0.2, 0) is 0 Å². The molecular weight excluding hydrogens is 209 g/mol. The lowest BCUT2D eigenvalue weighted by Crippen LogP contribution is -2.05. The number of hydrogen-bond acceptors (Lipinski definition) is 5. The topological polar surface area (TPSA) is 104 Å². The molecule has 5 nitrogen and oxygen atoms in total. The van der Waals surface area contributed by atoms with Crippen LogP contribution >= 0.6 is 0 Å². The van der Waals surface area contributed by atoms with Gasteiger partial charge in [-0.3, -0.25) is 0 Å². The number of halogens is 1. The van der Waals surface area contributed by atoms with Crippen LogP contribution in [0.5, 0.6) is 0 Å². The summed E-state index contributed by atoms with van der Waals surface area (Å²) < 4.78 is 13.6. The van der Waals surface area contributed by atoms with Crippen molar-refractivity contribution >= 4 is 17.5 Å². The monoisotopic (exact) mass is 219 g/mol. The van der Waals surface area contributed by atoms with Crippen molar-refractivity contribution < 1.29 is 4.39 Å². The van der Waals surface area contributed by atoms with Crippen molar-refractivity contribution in [2.24, 2.45) is 0 Å². The van der Waals surface area contributed by atoms with Gasteiger partial charge in [-0.25, -0.2) is 9.37 Å². The third kappa shape index (κ3) is 1.72. The zero-order chi connectivity index (χ0) is 11.7. The van der Waals surface area contributed by atoms with E-state index in [0.29, 0.717) is 11.3 Å². The van der Waals surface area contributed by atoms with E-state index in [1.807, 2.05) is 0 Å². The van der Waals surface area contributed by atoms with E-state index in [2.05, 4.69) is 9.97 Å². The normalized spacial score (nSPS) is 10.3. The molecule has 0 aliphatic heterocycles. The second-order valence-corrected chi connectivity index (χ2v) is 3.25. The molecule has 2 aromatic rings. The van der Waals surface area contributed by atoms with Gasteiger partial charge in [-0.1, -0.05) is 12.1 Å². The van der Waals surface area contributed by atoms with E-state index in [1.165, 1.54) is 0 Å². The highest BCUT2D eigenvalue weighted by Crippen LogP contribution is 2.24. The Balaban J connectivity index is 2.59. The molecule has 0 unspecified atom stereocenters. The van der Waals surface area contributed by atoms with Gasteiger partial charge in [-0.15, -0.1) is 0 Å². The van der Waals surface area contributed by atoms with Crippen molar-refractivity contribution in [2.75, 3.05) is 17.2 Å². The minimum Gasteiger partial charge on any atom is -0.399 e. The third-order valence-electron chi connectivity index (χ3n) is 2.08. The Morgan fingerprint density at radius 1 is 0.938 bits per heavy atom. The fourth-order valence-corrected chi connectivity index (χ4v) is 1.31. The number of rotatable bonds is 1. The number of nitrogen functional groups attached to an aromatic ring is 3. The van der Waals surface area contributed by atoms with E-state index in [0.717, 1.165) is 0 Å². The summed E-state index contributed by atoms with van der Waals surface area (Å²) in [7, 11) is 0. The summed E-state index contributed by atoms with van der Waals surface area (Å²) in [6, 6.07) is 6.56. The molecule has 0 aliphatic rings. The minimum absolute atomic E-state index is 0.0641. The molecule has 2 rings (SSSR count). The molecular formula is C10H10FN5. The molecule has 0 amide bonds. The summed E-state index contributed by atoms with van der Waals surface area (Å²) in [5.74, 6) is -1.01. The van der Waals surface area contributed by atoms with Crippen LogP contribution in [0.4, 0.5) is 21.8 Å². The van der Waals surface area contributed by atoms with Crippen LogP contribution in [0.2, 0.25) is 0 Å². The van der Waals surface area contributed by atoms with Crippen LogP contribution in [0.3, 0.4) is 0 Å². The van der Waals surface area contributed by atoms with Crippen LogP contribution in [-0.4, -0.2) is 9.97 Å². The smallest absolute Gasteiger partial charge is 0.222 e. The van der Waals surface area contributed by atoms with Gasteiger partial charge in [0, 0.05) is 11.3 Å². The van der Waals surface area contributed by atoms with Gasteiger partial charge in [0.25, 0.3) is 0 Å². The molecule has 0 bridgehead atoms. The molecule has 82 valence electrons. The zero-order valence-corrected chi connectivity index (χ0v) is 8.31. The molecule has 0 saturated heterocycles. The molecule has 0 spiro atoms. The van der Waals surface area contributed by atoms with Crippen molar-refractivity contribution in [3.63, 3.8) is 0 Å². The number of benzene rings is 1. The van der Waals surface area contributed by atoms with E-state index in [1.54, 1.807) is 24.3 Å². The maximum Gasteiger partial charge on any atom is 0.222 e. The van der Waals surface area contributed by atoms with Crippen LogP contribution in [0.15, 0.2) is 24.3 Å². The lowest BCUT2D eigenvalue weighted by Gasteiger charge is -2.05. The average molecular weight is 219 g/mol. The Labute approximate surface area is 91.1 Å². The first-order chi connectivity index (χ1) is 7.58. The van der Waals surface area contributed by atoms with Gasteiger partial charge in [0.2, 0.25) is 5.95 Å². The zero-order valence-electron chi connectivity index (χ0n) is 8.31. The predicted octanol–water partition coefficient (Wildman–Crippen LogP) is 1.03. The molecule has 0 saturated carbocycles. The Morgan fingerprint density at radius 2 is 1.56 bits per heavy atom. The number of aromatic nitrogens is 2. The van der Waals surface area contributed by atoms with E-state index in [4.69, 9.17) is 17.2 Å². The van der Waals surface area contributed by atoms with Gasteiger partial charge in [0.05, 0.1) is 0 Å². The van der Waals surface area contributed by atoms with Crippen LogP contribution in [0.1, 0.15) is 0 Å². The van der Waals surface area contributed by atoms with E-state index >= 15 is 0 Å². The van der Waals surface area contributed by atoms with Crippen molar-refractivity contribution in [1.82, 2.24) is 9.97 Å². The predicted molar refractivity (Wildman–Crippen MR) is 60.7 cm³/mol. The first-order valence-corrected chi connectivity index (χ1v) is 4.52. The van der Waals surface area contributed by atoms with Crippen molar-refractivity contribution in [1.29, 1.82) is 0 Å². The second kappa shape index (κ2) is 3.65. The summed E-state index contributed by atoms with van der Waals surface area (Å²) in [5.41, 5.74) is 17.5. The molecule has 0 aliphatic carbocycles. The summed E-state index contributed by atoms with van der Waals surface area (Å²) in [4.78, 5) is 7.33. The van der Waals surface area contributed by atoms with Crippen molar-refractivity contribution in [3.05, 3.63) is 30.1 Å². The highest BCUT2D eigenvalue weighted by molar-refractivity contribution is 5.66. The van der Waals surface area contributed by atoms with E-state index < -0.39 is 5.82 Å². The minimum atomic E-state index is -0.682. The van der Waals surface area contributed by atoms with E-state index in [-0.39, 0.29) is 17.5 Å². The highest BCUT2D eigenvalue weighted by atomic mass is 19.1. The summed E-state index contributed by atoms with van der Waals surface area (Å²) in [6.07, 6.45) is 0. The summed E-state index contributed by atoms with van der Waals surface area (Å²) in [5, 5.41) is 0. The van der Waals surface area contributed by atoms with Gasteiger partial charge in [-0.2, -0.15) is 4.98 Å². The Hall–Kier alpha value is -2.37. The molecule has 1 aromatic heterocycles. The quantitative estimate of drug-likeness (QED) is 0.621. The molecule has 0 fully saturated rings. The highest BCUT2D eigenvalue weighted by Gasteiger charge is 2.12. The van der Waals surface area contributed by atoms with Gasteiger partial charge >= 0.3 is 0 Å². The molecule has 16 heavy (non-hydrogen) atoms. The van der Waals surface area contributed by atoms with Gasteiger partial charge < -0.3 is 17.2 Å². The lowest BCUT2D eigenvalue weighted by atomic mass is 10.1. The molecule has 1 heterocycles. The Kier molecular flexibility index (Phi) is 2.32.